The molecular weight excluding hydrogens is 234 g/mol. The van der Waals surface area contributed by atoms with Crippen molar-refractivity contribution in [3.05, 3.63) is 33.0 Å². The first kappa shape index (κ1) is 13.9. The molecule has 1 atom stereocenters. The molecule has 0 amide bonds. The molecule has 0 saturated heterocycles. The second-order valence-corrected chi connectivity index (χ2v) is 5.65. The second-order valence-electron chi connectivity index (χ2n) is 4.19. The first-order valence-corrected chi connectivity index (χ1v) is 6.44. The third-order valence-electron chi connectivity index (χ3n) is 2.72. The summed E-state index contributed by atoms with van der Waals surface area (Å²) in [6.45, 7) is 8.49. The van der Waals surface area contributed by atoms with Crippen LogP contribution < -0.4 is 5.32 Å². The molecule has 1 rings (SSSR count). The van der Waals surface area contributed by atoms with Crippen LogP contribution >= 0.6 is 11.3 Å². The highest BCUT2D eigenvalue weighted by Crippen LogP contribution is 2.25. The van der Waals surface area contributed by atoms with Gasteiger partial charge in [0.05, 0.1) is 0 Å². The zero-order chi connectivity index (χ0) is 13.0. The van der Waals surface area contributed by atoms with E-state index in [1.165, 1.54) is 15.3 Å². The highest BCUT2D eigenvalue weighted by molar-refractivity contribution is 7.12. The predicted octanol–water partition coefficient (Wildman–Crippen LogP) is 3.05. The fraction of sp³-hybridized carbons (Fsp3) is 0.462. The highest BCUT2D eigenvalue weighted by Gasteiger charge is 2.10. The van der Waals surface area contributed by atoms with Gasteiger partial charge in [-0.2, -0.15) is 0 Å². The van der Waals surface area contributed by atoms with Gasteiger partial charge in [-0.1, -0.05) is 6.08 Å². The first-order valence-electron chi connectivity index (χ1n) is 5.62. The van der Waals surface area contributed by atoms with Crippen molar-refractivity contribution in [3.63, 3.8) is 0 Å². The Morgan fingerprint density at radius 2 is 2.24 bits per heavy atom. The van der Waals surface area contributed by atoms with Gasteiger partial charge in [0.2, 0.25) is 0 Å². The third kappa shape index (κ3) is 3.98. The molecular formula is C13H19NO2S. The molecule has 1 aromatic heterocycles. The fourth-order valence-corrected chi connectivity index (χ4v) is 2.69. The Labute approximate surface area is 106 Å². The van der Waals surface area contributed by atoms with E-state index in [4.69, 9.17) is 5.11 Å². The Morgan fingerprint density at radius 3 is 2.71 bits per heavy atom. The molecule has 0 aliphatic rings. The van der Waals surface area contributed by atoms with Crippen LogP contribution in [-0.2, 0) is 4.79 Å². The van der Waals surface area contributed by atoms with Gasteiger partial charge in [0.25, 0.3) is 0 Å². The van der Waals surface area contributed by atoms with Gasteiger partial charge < -0.3 is 10.4 Å². The lowest BCUT2D eigenvalue weighted by molar-refractivity contribution is -0.132. The van der Waals surface area contributed by atoms with Gasteiger partial charge in [0.15, 0.2) is 0 Å². The Balaban J connectivity index is 2.56. The minimum absolute atomic E-state index is 0.248. The standard InChI is InChI=1S/C13H19NO2S/c1-8(13(15)16)5-6-14-10(3)12-7-9(2)17-11(12)4/h5,7,10,14H,6H2,1-4H3,(H,15,16)/b8-5-. The monoisotopic (exact) mass is 253 g/mol. The SMILES string of the molecule is C/C(=C/CNC(C)c1cc(C)sc1C)C(=O)O. The summed E-state index contributed by atoms with van der Waals surface area (Å²) in [6, 6.07) is 2.43. The Morgan fingerprint density at radius 1 is 1.59 bits per heavy atom. The van der Waals surface area contributed by atoms with Gasteiger partial charge in [-0.05, 0) is 39.3 Å². The minimum Gasteiger partial charge on any atom is -0.478 e. The van der Waals surface area contributed by atoms with E-state index < -0.39 is 5.97 Å². The zero-order valence-electron chi connectivity index (χ0n) is 10.7. The summed E-state index contributed by atoms with van der Waals surface area (Å²) in [5.74, 6) is -0.859. The van der Waals surface area contributed by atoms with Crippen LogP contribution in [0, 0.1) is 13.8 Å². The summed E-state index contributed by atoms with van der Waals surface area (Å²) in [5.41, 5.74) is 1.68. The van der Waals surface area contributed by atoms with Crippen LogP contribution in [0.5, 0.6) is 0 Å². The van der Waals surface area contributed by atoms with Gasteiger partial charge in [-0.3, -0.25) is 0 Å². The van der Waals surface area contributed by atoms with E-state index in [0.29, 0.717) is 12.1 Å². The number of rotatable bonds is 5. The summed E-state index contributed by atoms with van der Waals surface area (Å²) in [5, 5.41) is 12.0. The molecule has 94 valence electrons. The van der Waals surface area contributed by atoms with Gasteiger partial charge in [-0.25, -0.2) is 4.79 Å². The molecule has 0 aliphatic carbocycles. The molecule has 4 heteroatoms. The quantitative estimate of drug-likeness (QED) is 0.793. The van der Waals surface area contributed by atoms with Crippen molar-refractivity contribution in [2.24, 2.45) is 0 Å². The van der Waals surface area contributed by atoms with E-state index in [2.05, 4.69) is 32.2 Å². The van der Waals surface area contributed by atoms with Crippen LogP contribution in [-0.4, -0.2) is 17.6 Å². The van der Waals surface area contributed by atoms with Gasteiger partial charge >= 0.3 is 5.97 Å². The maximum atomic E-state index is 10.6. The lowest BCUT2D eigenvalue weighted by Gasteiger charge is -2.12. The van der Waals surface area contributed by atoms with Crippen molar-refractivity contribution in [1.82, 2.24) is 5.32 Å². The molecule has 1 unspecified atom stereocenters. The van der Waals surface area contributed by atoms with Gasteiger partial charge in [0.1, 0.15) is 0 Å². The summed E-state index contributed by atoms with van der Waals surface area (Å²) >= 11 is 1.79. The molecule has 0 saturated carbocycles. The Hall–Kier alpha value is -1.13. The smallest absolute Gasteiger partial charge is 0.330 e. The van der Waals surface area contributed by atoms with E-state index >= 15 is 0 Å². The van der Waals surface area contributed by atoms with E-state index in [9.17, 15) is 4.79 Å². The van der Waals surface area contributed by atoms with Crippen LogP contribution in [0.4, 0.5) is 0 Å². The fourth-order valence-electron chi connectivity index (χ4n) is 1.67. The number of nitrogens with one attached hydrogen (secondary N) is 1. The molecule has 1 heterocycles. The Kier molecular flexibility index (Phi) is 4.90. The number of carboxylic acid groups (broad SMARTS) is 1. The molecule has 0 bridgehead atoms. The van der Waals surface area contributed by atoms with Crippen molar-refractivity contribution in [3.8, 4) is 0 Å². The number of carbonyl (C=O) groups is 1. The summed E-state index contributed by atoms with van der Waals surface area (Å²) in [4.78, 5) is 13.2. The number of aliphatic carboxylic acids is 1. The van der Waals surface area contributed by atoms with Crippen LogP contribution in [0.3, 0.4) is 0 Å². The molecule has 0 fully saturated rings. The third-order valence-corrected chi connectivity index (χ3v) is 3.70. The average molecular weight is 253 g/mol. The summed E-state index contributed by atoms with van der Waals surface area (Å²) in [6.07, 6.45) is 1.70. The summed E-state index contributed by atoms with van der Waals surface area (Å²) in [7, 11) is 0. The van der Waals surface area contributed by atoms with Crippen LogP contribution in [0.25, 0.3) is 0 Å². The maximum absolute atomic E-state index is 10.6. The zero-order valence-corrected chi connectivity index (χ0v) is 11.5. The molecule has 2 N–H and O–H groups in total. The number of thiophene rings is 1. The first-order chi connectivity index (χ1) is 7.91. The van der Waals surface area contributed by atoms with Crippen molar-refractivity contribution in [2.45, 2.75) is 33.7 Å². The Bertz CT molecular complexity index is 435. The van der Waals surface area contributed by atoms with Gasteiger partial charge in [-0.15, -0.1) is 11.3 Å². The normalized spacial score (nSPS) is 13.8. The maximum Gasteiger partial charge on any atom is 0.330 e. The second kappa shape index (κ2) is 5.98. The van der Waals surface area contributed by atoms with Crippen LogP contribution in [0.2, 0.25) is 0 Å². The van der Waals surface area contributed by atoms with E-state index in [-0.39, 0.29) is 6.04 Å². The highest BCUT2D eigenvalue weighted by atomic mass is 32.1. The number of hydrogen-bond donors (Lipinski definition) is 2. The average Bonchev–Trinajstić information content (AvgIpc) is 2.57. The minimum atomic E-state index is -0.859. The van der Waals surface area contributed by atoms with Crippen molar-refractivity contribution >= 4 is 17.3 Å². The molecule has 0 aromatic carbocycles. The summed E-state index contributed by atoms with van der Waals surface area (Å²) < 4.78 is 0. The lowest BCUT2D eigenvalue weighted by Crippen LogP contribution is -2.19. The van der Waals surface area contributed by atoms with E-state index in [1.807, 2.05) is 0 Å². The largest absolute Gasteiger partial charge is 0.478 e. The molecule has 0 radical (unpaired) electrons. The molecule has 0 spiro atoms. The number of hydrogen-bond acceptors (Lipinski definition) is 3. The molecule has 0 aliphatic heterocycles. The van der Waals surface area contributed by atoms with E-state index in [0.717, 1.165) is 0 Å². The van der Waals surface area contributed by atoms with Crippen molar-refractivity contribution in [1.29, 1.82) is 0 Å². The van der Waals surface area contributed by atoms with Gasteiger partial charge in [0, 0.05) is 27.9 Å². The molecule has 3 nitrogen and oxygen atoms in total. The van der Waals surface area contributed by atoms with Crippen molar-refractivity contribution in [2.75, 3.05) is 6.54 Å². The predicted molar refractivity (Wildman–Crippen MR) is 71.6 cm³/mol. The van der Waals surface area contributed by atoms with Crippen molar-refractivity contribution < 1.29 is 9.90 Å². The molecule has 17 heavy (non-hydrogen) atoms. The number of carboxylic acids is 1. The van der Waals surface area contributed by atoms with E-state index in [1.54, 1.807) is 24.3 Å². The topological polar surface area (TPSA) is 49.3 Å². The van der Waals surface area contributed by atoms with Crippen LogP contribution in [0.1, 0.15) is 35.2 Å². The lowest BCUT2D eigenvalue weighted by atomic mass is 10.1. The molecule has 1 aromatic rings. The van der Waals surface area contributed by atoms with Crippen LogP contribution in [0.15, 0.2) is 17.7 Å². The number of aryl methyl sites for hydroxylation is 2.